The number of benzene rings is 1. The summed E-state index contributed by atoms with van der Waals surface area (Å²) in [5.41, 5.74) is 0. The maximum absolute atomic E-state index is 11.6. The Hall–Kier alpha value is -0.360. The van der Waals surface area contributed by atoms with Gasteiger partial charge in [0.1, 0.15) is 0 Å². The molecular formula is C9H9BrClNO2S. The van der Waals surface area contributed by atoms with Gasteiger partial charge in [-0.25, -0.2) is 13.1 Å². The van der Waals surface area contributed by atoms with Gasteiger partial charge in [-0.2, -0.15) is 0 Å². The summed E-state index contributed by atoms with van der Waals surface area (Å²) in [5, 5.41) is 0.499. The highest BCUT2D eigenvalue weighted by atomic mass is 79.9. The first kappa shape index (κ1) is 12.7. The molecule has 0 aromatic heterocycles. The summed E-state index contributed by atoms with van der Waals surface area (Å²) >= 11 is 8.72. The zero-order chi connectivity index (χ0) is 11.5. The highest BCUT2D eigenvalue weighted by Crippen LogP contribution is 2.14. The minimum Gasteiger partial charge on any atom is -0.207 e. The maximum Gasteiger partial charge on any atom is 0.240 e. The first-order valence-corrected chi connectivity index (χ1v) is 6.66. The van der Waals surface area contributed by atoms with E-state index >= 15 is 0 Å². The summed E-state index contributed by atoms with van der Waals surface area (Å²) in [5.74, 6) is 0. The van der Waals surface area contributed by atoms with Crippen molar-refractivity contribution in [3.8, 4) is 0 Å². The fourth-order valence-electron chi connectivity index (χ4n) is 0.870. The van der Waals surface area contributed by atoms with Crippen molar-refractivity contribution in [2.75, 3.05) is 6.54 Å². The van der Waals surface area contributed by atoms with E-state index in [0.717, 1.165) is 0 Å². The van der Waals surface area contributed by atoms with Crippen LogP contribution in [0.15, 0.2) is 40.2 Å². The largest absolute Gasteiger partial charge is 0.240 e. The number of halogens is 2. The number of hydrogen-bond donors (Lipinski definition) is 1. The molecule has 0 atom stereocenters. The third-order valence-electron chi connectivity index (χ3n) is 1.58. The lowest BCUT2D eigenvalue weighted by molar-refractivity contribution is 0.585. The fraction of sp³-hybridized carbons (Fsp3) is 0.111. The molecule has 1 aromatic carbocycles. The van der Waals surface area contributed by atoms with Crippen LogP contribution in [0.2, 0.25) is 5.02 Å². The number of nitrogens with one attached hydrogen (secondary N) is 1. The van der Waals surface area contributed by atoms with Crippen molar-refractivity contribution in [1.29, 1.82) is 0 Å². The van der Waals surface area contributed by atoms with Gasteiger partial charge in [0.25, 0.3) is 0 Å². The molecule has 0 spiro atoms. The van der Waals surface area contributed by atoms with Crippen molar-refractivity contribution in [2.45, 2.75) is 4.90 Å². The van der Waals surface area contributed by atoms with Crippen LogP contribution in [-0.2, 0) is 10.0 Å². The van der Waals surface area contributed by atoms with Gasteiger partial charge in [0.15, 0.2) is 0 Å². The van der Waals surface area contributed by atoms with Crippen molar-refractivity contribution in [3.05, 3.63) is 40.3 Å². The molecule has 15 heavy (non-hydrogen) atoms. The Morgan fingerprint density at radius 2 is 1.93 bits per heavy atom. The average molecular weight is 311 g/mol. The molecule has 3 nitrogen and oxygen atoms in total. The van der Waals surface area contributed by atoms with Crippen molar-refractivity contribution in [1.82, 2.24) is 4.72 Å². The van der Waals surface area contributed by atoms with E-state index in [0.29, 0.717) is 9.51 Å². The lowest BCUT2D eigenvalue weighted by Crippen LogP contribution is -2.24. The molecule has 1 aromatic rings. The molecule has 0 aliphatic carbocycles. The monoisotopic (exact) mass is 309 g/mol. The van der Waals surface area contributed by atoms with E-state index in [1.165, 1.54) is 24.3 Å². The van der Waals surface area contributed by atoms with Crippen LogP contribution in [0.5, 0.6) is 0 Å². The third kappa shape index (κ3) is 3.95. The molecule has 0 heterocycles. The summed E-state index contributed by atoms with van der Waals surface area (Å²) < 4.78 is 26.2. The standard InChI is InChI=1S/C9H9BrClNO2S/c1-7(10)6-12-15(13,14)9-4-2-8(11)3-5-9/h2-5,12H,1,6H2. The number of sulfonamides is 1. The molecule has 0 amide bonds. The smallest absolute Gasteiger partial charge is 0.207 e. The second kappa shape index (κ2) is 5.12. The molecule has 0 aliphatic rings. The highest BCUT2D eigenvalue weighted by molar-refractivity contribution is 9.11. The molecule has 0 bridgehead atoms. The minimum absolute atomic E-state index is 0.158. The topological polar surface area (TPSA) is 46.2 Å². The Kier molecular flexibility index (Phi) is 4.33. The van der Waals surface area contributed by atoms with Crippen molar-refractivity contribution in [2.24, 2.45) is 0 Å². The molecule has 0 unspecified atom stereocenters. The molecule has 0 fully saturated rings. The quantitative estimate of drug-likeness (QED) is 0.929. The Morgan fingerprint density at radius 3 is 2.40 bits per heavy atom. The predicted molar refractivity (Wildman–Crippen MR) is 64.7 cm³/mol. The Balaban J connectivity index is 2.87. The summed E-state index contributed by atoms with van der Waals surface area (Å²) in [7, 11) is -3.47. The van der Waals surface area contributed by atoms with Crippen molar-refractivity contribution < 1.29 is 8.42 Å². The van der Waals surface area contributed by atoms with Gasteiger partial charge in [-0.1, -0.05) is 34.1 Å². The van der Waals surface area contributed by atoms with Crippen molar-refractivity contribution in [3.63, 3.8) is 0 Å². The maximum atomic E-state index is 11.6. The molecule has 1 rings (SSSR count). The Labute approximate surface area is 102 Å². The molecule has 6 heteroatoms. The molecule has 0 saturated carbocycles. The normalized spacial score (nSPS) is 11.3. The van der Waals surface area contributed by atoms with E-state index < -0.39 is 10.0 Å². The van der Waals surface area contributed by atoms with Crippen LogP contribution in [0.25, 0.3) is 0 Å². The van der Waals surface area contributed by atoms with E-state index in [4.69, 9.17) is 11.6 Å². The second-order valence-electron chi connectivity index (χ2n) is 2.80. The van der Waals surface area contributed by atoms with Gasteiger partial charge < -0.3 is 0 Å². The van der Waals surface area contributed by atoms with Crippen LogP contribution >= 0.6 is 27.5 Å². The van der Waals surface area contributed by atoms with Crippen LogP contribution < -0.4 is 4.72 Å². The van der Waals surface area contributed by atoms with Gasteiger partial charge in [0.2, 0.25) is 10.0 Å². The average Bonchev–Trinajstić information content (AvgIpc) is 2.16. The van der Waals surface area contributed by atoms with Gasteiger partial charge in [-0.05, 0) is 24.3 Å². The number of hydrogen-bond acceptors (Lipinski definition) is 2. The molecule has 0 aliphatic heterocycles. The first-order chi connectivity index (χ1) is 6.92. The van der Waals surface area contributed by atoms with Gasteiger partial charge in [0.05, 0.1) is 4.90 Å². The molecule has 0 saturated heterocycles. The summed E-state index contributed by atoms with van der Waals surface area (Å²) in [4.78, 5) is 0.181. The fourth-order valence-corrected chi connectivity index (χ4v) is 2.35. The number of rotatable bonds is 4. The van der Waals surface area contributed by atoms with Crippen molar-refractivity contribution >= 4 is 37.6 Å². The molecule has 1 N–H and O–H groups in total. The van der Waals surface area contributed by atoms with Crippen LogP contribution in [0.4, 0.5) is 0 Å². The van der Waals surface area contributed by atoms with Gasteiger partial charge in [-0.3, -0.25) is 0 Å². The van der Waals surface area contributed by atoms with Crippen LogP contribution in [0.1, 0.15) is 0 Å². The predicted octanol–water partition coefficient (Wildman–Crippen LogP) is 2.53. The molecule has 0 radical (unpaired) electrons. The van der Waals surface area contributed by atoms with E-state index in [9.17, 15) is 8.42 Å². The van der Waals surface area contributed by atoms with Gasteiger partial charge in [-0.15, -0.1) is 0 Å². The van der Waals surface area contributed by atoms with Crippen LogP contribution in [0, 0.1) is 0 Å². The highest BCUT2D eigenvalue weighted by Gasteiger charge is 2.12. The Morgan fingerprint density at radius 1 is 1.40 bits per heavy atom. The lowest BCUT2D eigenvalue weighted by atomic mass is 10.4. The minimum atomic E-state index is -3.47. The summed E-state index contributed by atoms with van der Waals surface area (Å²) in [6.45, 7) is 3.69. The van der Waals surface area contributed by atoms with E-state index in [1.807, 2.05) is 0 Å². The summed E-state index contributed by atoms with van der Waals surface area (Å²) in [6, 6.07) is 5.95. The first-order valence-electron chi connectivity index (χ1n) is 4.00. The molecule has 82 valence electrons. The SMILES string of the molecule is C=C(Br)CNS(=O)(=O)c1ccc(Cl)cc1. The Bertz CT molecular complexity index is 456. The third-order valence-corrected chi connectivity index (χ3v) is 3.53. The zero-order valence-corrected chi connectivity index (χ0v) is 10.9. The zero-order valence-electron chi connectivity index (χ0n) is 7.70. The lowest BCUT2D eigenvalue weighted by Gasteiger charge is -2.05. The second-order valence-corrected chi connectivity index (χ2v) is 6.12. The van der Waals surface area contributed by atoms with E-state index in [2.05, 4.69) is 27.2 Å². The van der Waals surface area contributed by atoms with Crippen LogP contribution in [-0.4, -0.2) is 15.0 Å². The van der Waals surface area contributed by atoms with E-state index in [1.54, 1.807) is 0 Å². The van der Waals surface area contributed by atoms with Gasteiger partial charge >= 0.3 is 0 Å². The van der Waals surface area contributed by atoms with Crippen LogP contribution in [0.3, 0.4) is 0 Å². The summed E-state index contributed by atoms with van der Waals surface area (Å²) in [6.07, 6.45) is 0. The van der Waals surface area contributed by atoms with E-state index in [-0.39, 0.29) is 11.4 Å². The molecular weight excluding hydrogens is 302 g/mol. The van der Waals surface area contributed by atoms with Gasteiger partial charge in [0, 0.05) is 16.0 Å².